The van der Waals surface area contributed by atoms with Gasteiger partial charge in [0.15, 0.2) is 0 Å². The zero-order valence-electron chi connectivity index (χ0n) is 7.05. The highest BCUT2D eigenvalue weighted by molar-refractivity contribution is 9.10. The van der Waals surface area contributed by atoms with Gasteiger partial charge in [0.05, 0.1) is 10.3 Å². The Bertz CT molecular complexity index is 525. The van der Waals surface area contributed by atoms with Crippen molar-refractivity contribution in [1.82, 2.24) is 0 Å². The number of hydrogen-bond donors (Lipinski definition) is 0. The molecule has 0 saturated heterocycles. The van der Waals surface area contributed by atoms with E-state index in [2.05, 4.69) is 43.3 Å². The van der Waals surface area contributed by atoms with E-state index in [4.69, 9.17) is 5.26 Å². The van der Waals surface area contributed by atoms with Crippen LogP contribution in [0.15, 0.2) is 22.0 Å². The van der Waals surface area contributed by atoms with E-state index in [-0.39, 0.29) is 0 Å². The molecule has 2 rings (SSSR count). The Balaban J connectivity index is 2.89. The molecule has 0 atom stereocenters. The van der Waals surface area contributed by atoms with Gasteiger partial charge in [-0.05, 0) is 23.1 Å². The molecule has 2 aromatic rings. The highest BCUT2D eigenvalue weighted by Crippen LogP contribution is 2.35. The third kappa shape index (κ3) is 1.50. The van der Waals surface area contributed by atoms with Crippen molar-refractivity contribution in [3.63, 3.8) is 0 Å². The molecule has 0 saturated carbocycles. The first-order chi connectivity index (χ1) is 6.77. The minimum Gasteiger partial charge on any atom is -0.192 e. The number of rotatable bonds is 1. The van der Waals surface area contributed by atoms with Crippen LogP contribution in [0.4, 0.5) is 0 Å². The van der Waals surface area contributed by atoms with Gasteiger partial charge in [0.1, 0.15) is 6.07 Å². The topological polar surface area (TPSA) is 23.8 Å². The fourth-order valence-corrected chi connectivity index (χ4v) is 3.79. The van der Waals surface area contributed by atoms with E-state index in [0.29, 0.717) is 0 Å². The third-order valence-corrected chi connectivity index (χ3v) is 4.34. The number of nitrogens with zero attached hydrogens (tertiary/aromatic N) is 1. The molecule has 1 aromatic heterocycles. The van der Waals surface area contributed by atoms with E-state index in [1.54, 1.807) is 11.3 Å². The first-order valence-corrected chi connectivity index (χ1v) is 6.72. The highest BCUT2D eigenvalue weighted by Gasteiger charge is 2.10. The lowest BCUT2D eigenvalue weighted by atomic mass is 10.1. The molecule has 0 unspecified atom stereocenters. The number of fused-ring (bicyclic) bond motifs is 1. The van der Waals surface area contributed by atoms with Gasteiger partial charge in [-0.1, -0.05) is 31.9 Å². The van der Waals surface area contributed by atoms with Crippen LogP contribution >= 0.6 is 43.2 Å². The van der Waals surface area contributed by atoms with Crippen molar-refractivity contribution in [3.05, 3.63) is 33.1 Å². The Hall–Kier alpha value is -0.370. The summed E-state index contributed by atoms with van der Waals surface area (Å²) in [6.45, 7) is 0. The van der Waals surface area contributed by atoms with Gasteiger partial charge in [-0.25, -0.2) is 0 Å². The van der Waals surface area contributed by atoms with Crippen molar-refractivity contribution in [2.45, 2.75) is 5.33 Å². The Morgan fingerprint density at radius 1 is 1.43 bits per heavy atom. The van der Waals surface area contributed by atoms with Crippen LogP contribution in [-0.4, -0.2) is 0 Å². The van der Waals surface area contributed by atoms with E-state index < -0.39 is 0 Å². The first kappa shape index (κ1) is 10.2. The lowest BCUT2D eigenvalue weighted by Gasteiger charge is -1.98. The molecule has 0 fully saturated rings. The van der Waals surface area contributed by atoms with Crippen molar-refractivity contribution >= 4 is 53.3 Å². The zero-order chi connectivity index (χ0) is 10.1. The van der Waals surface area contributed by atoms with Crippen LogP contribution in [0.25, 0.3) is 10.1 Å². The lowest BCUT2D eigenvalue weighted by Crippen LogP contribution is -1.78. The number of thiophene rings is 1. The van der Waals surface area contributed by atoms with E-state index in [1.165, 1.54) is 5.56 Å². The molecule has 0 N–H and O–H groups in total. The molecule has 0 aliphatic heterocycles. The van der Waals surface area contributed by atoms with Gasteiger partial charge >= 0.3 is 0 Å². The Morgan fingerprint density at radius 2 is 2.21 bits per heavy atom. The summed E-state index contributed by atoms with van der Waals surface area (Å²) in [5.74, 6) is 0. The molecule has 0 radical (unpaired) electrons. The molecule has 0 aliphatic carbocycles. The molecule has 4 heteroatoms. The van der Waals surface area contributed by atoms with Gasteiger partial charge in [-0.3, -0.25) is 0 Å². The maximum Gasteiger partial charge on any atom is 0.101 e. The molecule has 70 valence electrons. The van der Waals surface area contributed by atoms with Gasteiger partial charge in [0.2, 0.25) is 0 Å². The van der Waals surface area contributed by atoms with E-state index in [9.17, 15) is 0 Å². The predicted octanol–water partition coefficient (Wildman–Crippen LogP) is 4.43. The van der Waals surface area contributed by atoms with Crippen LogP contribution in [-0.2, 0) is 5.33 Å². The second-order valence-corrected chi connectivity index (χ2v) is 5.10. The number of alkyl halides is 1. The molecule has 0 amide bonds. The molecule has 1 aromatic carbocycles. The van der Waals surface area contributed by atoms with Crippen LogP contribution in [0.5, 0.6) is 0 Å². The average Bonchev–Trinajstić information content (AvgIpc) is 2.63. The second kappa shape index (κ2) is 4.01. The van der Waals surface area contributed by atoms with Gasteiger partial charge in [0, 0.05) is 15.2 Å². The van der Waals surface area contributed by atoms with E-state index in [0.717, 1.165) is 25.5 Å². The van der Waals surface area contributed by atoms with Crippen molar-refractivity contribution in [2.75, 3.05) is 0 Å². The molecule has 1 nitrogen and oxygen atoms in total. The first-order valence-electron chi connectivity index (χ1n) is 3.92. The number of hydrogen-bond acceptors (Lipinski definition) is 2. The summed E-state index contributed by atoms with van der Waals surface area (Å²) in [6, 6.07) is 5.99. The van der Waals surface area contributed by atoms with Gasteiger partial charge in [-0.2, -0.15) is 5.26 Å². The summed E-state index contributed by atoms with van der Waals surface area (Å²) in [4.78, 5) is 0. The number of nitriles is 1. The predicted molar refractivity (Wildman–Crippen MR) is 66.9 cm³/mol. The normalized spacial score (nSPS) is 10.4. The van der Waals surface area contributed by atoms with Crippen LogP contribution in [0.2, 0.25) is 0 Å². The molecule has 14 heavy (non-hydrogen) atoms. The quantitative estimate of drug-likeness (QED) is 0.709. The lowest BCUT2D eigenvalue weighted by molar-refractivity contribution is 1.50. The number of halogens is 2. The second-order valence-electron chi connectivity index (χ2n) is 2.81. The molecule has 1 heterocycles. The summed E-state index contributed by atoms with van der Waals surface area (Å²) in [5.41, 5.74) is 1.98. The zero-order valence-corrected chi connectivity index (χ0v) is 11.0. The SMILES string of the molecule is N#Cc1ccc(Br)c2c(CBr)csc12. The van der Waals surface area contributed by atoms with E-state index in [1.807, 2.05) is 12.1 Å². The van der Waals surface area contributed by atoms with Crippen LogP contribution in [0, 0.1) is 11.3 Å². The summed E-state index contributed by atoms with van der Waals surface area (Å²) < 4.78 is 2.12. The smallest absolute Gasteiger partial charge is 0.101 e. The Morgan fingerprint density at radius 3 is 2.86 bits per heavy atom. The van der Waals surface area contributed by atoms with Crippen LogP contribution in [0.3, 0.4) is 0 Å². The van der Waals surface area contributed by atoms with Gasteiger partial charge in [0.25, 0.3) is 0 Å². The largest absolute Gasteiger partial charge is 0.192 e. The standard InChI is InChI=1S/C10H5Br2NS/c11-3-7-5-14-10-6(4-13)1-2-8(12)9(7)10/h1-2,5H,3H2. The minimum absolute atomic E-state index is 0.750. The summed E-state index contributed by atoms with van der Waals surface area (Å²) >= 11 is 8.57. The van der Waals surface area contributed by atoms with E-state index >= 15 is 0 Å². The summed E-state index contributed by atoms with van der Waals surface area (Å²) in [6.07, 6.45) is 0. The number of benzene rings is 1. The van der Waals surface area contributed by atoms with Gasteiger partial charge in [-0.15, -0.1) is 11.3 Å². The summed E-state index contributed by atoms with van der Waals surface area (Å²) in [7, 11) is 0. The average molecular weight is 331 g/mol. The molecular formula is C10H5Br2NS. The molecule has 0 spiro atoms. The summed E-state index contributed by atoms with van der Waals surface area (Å²) in [5, 5.41) is 13.0. The van der Waals surface area contributed by atoms with Crippen LogP contribution in [0.1, 0.15) is 11.1 Å². The van der Waals surface area contributed by atoms with Crippen molar-refractivity contribution in [2.24, 2.45) is 0 Å². The maximum atomic E-state index is 8.94. The fourth-order valence-electron chi connectivity index (χ4n) is 1.36. The van der Waals surface area contributed by atoms with Crippen LogP contribution < -0.4 is 0 Å². The fraction of sp³-hybridized carbons (Fsp3) is 0.100. The Labute approximate surface area is 103 Å². The third-order valence-electron chi connectivity index (χ3n) is 2.01. The maximum absolute atomic E-state index is 8.94. The van der Waals surface area contributed by atoms with Crippen molar-refractivity contribution < 1.29 is 0 Å². The minimum atomic E-state index is 0.750. The highest BCUT2D eigenvalue weighted by atomic mass is 79.9. The van der Waals surface area contributed by atoms with Crippen molar-refractivity contribution in [1.29, 1.82) is 5.26 Å². The molecule has 0 aliphatic rings. The Kier molecular flexibility index (Phi) is 2.91. The molecule has 0 bridgehead atoms. The monoisotopic (exact) mass is 329 g/mol. The van der Waals surface area contributed by atoms with Crippen molar-refractivity contribution in [3.8, 4) is 6.07 Å². The molecular weight excluding hydrogens is 326 g/mol. The van der Waals surface area contributed by atoms with Gasteiger partial charge < -0.3 is 0 Å².